The van der Waals surface area contributed by atoms with E-state index in [4.69, 9.17) is 21.0 Å². The second-order valence-corrected chi connectivity index (χ2v) is 11.6. The van der Waals surface area contributed by atoms with Crippen molar-refractivity contribution in [2.75, 3.05) is 25.5 Å². The topological polar surface area (TPSA) is 217 Å². The third kappa shape index (κ3) is 6.82. The molecule has 6 N–H and O–H groups in total. The van der Waals surface area contributed by atoms with Crippen LogP contribution < -0.4 is 21.5 Å². The normalized spacial score (nSPS) is 16.8. The molecular formula is C24H30N8O7S2. The highest BCUT2D eigenvalue weighted by Crippen LogP contribution is 2.34. The number of nitrogens with two attached hydrogens (primary N) is 2. The average molecular weight is 607 g/mol. The number of aryl methyl sites for hydroxylation is 1. The van der Waals surface area contributed by atoms with Crippen molar-refractivity contribution >= 4 is 44.3 Å². The minimum absolute atomic E-state index is 0.0313. The van der Waals surface area contributed by atoms with Gasteiger partial charge in [-0.2, -0.15) is 13.5 Å². The van der Waals surface area contributed by atoms with Gasteiger partial charge in [0.2, 0.25) is 0 Å². The molecular weight excluding hydrogens is 576 g/mol. The highest BCUT2D eigenvalue weighted by molar-refractivity contribution is 7.84. The SMILES string of the molecule is CC1(C)[C@H](NC(=O)/C(=N\OCCOc2ccc(-c3cnn(CCCN)c3)cc2)c2csc(N)n2)C(=O)N1S(=O)(=O)O. The molecule has 1 aromatic carbocycles. The molecule has 1 fully saturated rings. The summed E-state index contributed by atoms with van der Waals surface area (Å²) in [6.45, 7) is 4.18. The number of thiazole rings is 1. The lowest BCUT2D eigenvalue weighted by atomic mass is 9.85. The second kappa shape index (κ2) is 12.2. The van der Waals surface area contributed by atoms with Gasteiger partial charge in [0.15, 0.2) is 17.5 Å². The number of hydrogen-bond acceptors (Lipinski definition) is 12. The van der Waals surface area contributed by atoms with E-state index in [0.717, 1.165) is 35.4 Å². The van der Waals surface area contributed by atoms with E-state index < -0.39 is 33.7 Å². The third-order valence-electron chi connectivity index (χ3n) is 6.17. The van der Waals surface area contributed by atoms with Crippen molar-refractivity contribution in [3.8, 4) is 16.9 Å². The van der Waals surface area contributed by atoms with E-state index in [1.165, 1.54) is 19.2 Å². The van der Waals surface area contributed by atoms with Gasteiger partial charge in [-0.05, 0) is 44.5 Å². The van der Waals surface area contributed by atoms with Crippen LogP contribution in [0.2, 0.25) is 0 Å². The van der Waals surface area contributed by atoms with Crippen LogP contribution in [0.5, 0.6) is 5.75 Å². The number of amides is 2. The number of benzene rings is 1. The van der Waals surface area contributed by atoms with Gasteiger partial charge in [-0.15, -0.1) is 11.3 Å². The Bertz CT molecular complexity index is 1530. The Labute approximate surface area is 240 Å². The lowest BCUT2D eigenvalue weighted by Crippen LogP contribution is -2.77. The van der Waals surface area contributed by atoms with Crippen molar-refractivity contribution in [3.63, 3.8) is 0 Å². The molecule has 0 unspecified atom stereocenters. The van der Waals surface area contributed by atoms with E-state index in [2.05, 4.69) is 20.6 Å². The molecule has 1 aliphatic heterocycles. The smallest absolute Gasteiger partial charge is 0.362 e. The second-order valence-electron chi connectivity index (χ2n) is 9.49. The Hall–Kier alpha value is -4.06. The van der Waals surface area contributed by atoms with E-state index >= 15 is 0 Å². The van der Waals surface area contributed by atoms with Crippen molar-refractivity contribution in [3.05, 3.63) is 47.7 Å². The quantitative estimate of drug-likeness (QED) is 0.0696. The summed E-state index contributed by atoms with van der Waals surface area (Å²) in [4.78, 5) is 34.7. The van der Waals surface area contributed by atoms with Gasteiger partial charge < -0.3 is 26.4 Å². The number of oxime groups is 1. The zero-order valence-electron chi connectivity index (χ0n) is 22.3. The van der Waals surface area contributed by atoms with Crippen LogP contribution in [0.15, 0.2) is 47.2 Å². The first-order valence-electron chi connectivity index (χ1n) is 12.4. The summed E-state index contributed by atoms with van der Waals surface area (Å²) in [5.41, 5.74) is 11.6. The van der Waals surface area contributed by atoms with Gasteiger partial charge in [-0.25, -0.2) is 9.29 Å². The Morgan fingerprint density at radius 3 is 2.59 bits per heavy atom. The van der Waals surface area contributed by atoms with Crippen LogP contribution in [0.25, 0.3) is 11.1 Å². The van der Waals surface area contributed by atoms with E-state index in [0.29, 0.717) is 16.6 Å². The van der Waals surface area contributed by atoms with Crippen LogP contribution in [-0.2, 0) is 31.3 Å². The van der Waals surface area contributed by atoms with Crippen molar-refractivity contribution in [1.29, 1.82) is 0 Å². The Morgan fingerprint density at radius 1 is 1.24 bits per heavy atom. The van der Waals surface area contributed by atoms with Gasteiger partial charge in [0.25, 0.3) is 11.8 Å². The molecule has 0 bridgehead atoms. The summed E-state index contributed by atoms with van der Waals surface area (Å²) in [7, 11) is -4.79. The number of carbonyl (C=O) groups is 2. The minimum Gasteiger partial charge on any atom is -0.490 e. The molecule has 2 aromatic heterocycles. The fraction of sp³-hybridized carbons (Fsp3) is 0.375. The minimum atomic E-state index is -4.79. The maximum atomic E-state index is 13.0. The number of nitrogens with one attached hydrogen (secondary N) is 1. The van der Waals surface area contributed by atoms with E-state index in [1.54, 1.807) is 18.3 Å². The maximum absolute atomic E-state index is 13.0. The molecule has 220 valence electrons. The number of rotatable bonds is 13. The fourth-order valence-corrected chi connectivity index (χ4v) is 5.72. The van der Waals surface area contributed by atoms with E-state index in [1.807, 2.05) is 23.0 Å². The Morgan fingerprint density at radius 2 is 1.98 bits per heavy atom. The number of aromatic nitrogens is 3. The summed E-state index contributed by atoms with van der Waals surface area (Å²) >= 11 is 1.07. The predicted octanol–water partition coefficient (Wildman–Crippen LogP) is 0.646. The first-order valence-corrected chi connectivity index (χ1v) is 14.7. The molecule has 17 heteroatoms. The summed E-state index contributed by atoms with van der Waals surface area (Å²) < 4.78 is 40.2. The van der Waals surface area contributed by atoms with Gasteiger partial charge in [-0.3, -0.25) is 18.8 Å². The molecule has 0 saturated carbocycles. The molecule has 15 nitrogen and oxygen atoms in total. The summed E-state index contributed by atoms with van der Waals surface area (Å²) in [6.07, 6.45) is 4.58. The summed E-state index contributed by atoms with van der Waals surface area (Å²) in [5, 5.41) is 12.3. The number of β-lactam (4-membered cyclic amide) rings is 1. The first-order chi connectivity index (χ1) is 19.4. The molecule has 0 aliphatic carbocycles. The van der Waals surface area contributed by atoms with Crippen LogP contribution in [-0.4, -0.2) is 80.9 Å². The average Bonchev–Trinajstić information content (AvgIpc) is 3.56. The van der Waals surface area contributed by atoms with Crippen LogP contribution in [0, 0.1) is 0 Å². The van der Waals surface area contributed by atoms with Crippen LogP contribution in [0.4, 0.5) is 5.13 Å². The molecule has 41 heavy (non-hydrogen) atoms. The van der Waals surface area contributed by atoms with E-state index in [-0.39, 0.29) is 29.8 Å². The molecule has 1 aliphatic rings. The molecule has 4 rings (SSSR count). The van der Waals surface area contributed by atoms with Crippen molar-refractivity contribution in [2.45, 2.75) is 38.4 Å². The van der Waals surface area contributed by atoms with Crippen LogP contribution in [0.1, 0.15) is 26.0 Å². The fourth-order valence-electron chi connectivity index (χ4n) is 4.14. The Kier molecular flexibility index (Phi) is 8.91. The van der Waals surface area contributed by atoms with Gasteiger partial charge in [0, 0.05) is 23.7 Å². The lowest BCUT2D eigenvalue weighted by Gasteiger charge is -2.50. The number of carbonyl (C=O) groups excluding carboxylic acids is 2. The van der Waals surface area contributed by atoms with Crippen LogP contribution in [0.3, 0.4) is 0 Å². The molecule has 3 heterocycles. The largest absolute Gasteiger partial charge is 0.490 e. The van der Waals surface area contributed by atoms with Gasteiger partial charge >= 0.3 is 10.3 Å². The van der Waals surface area contributed by atoms with Crippen molar-refractivity contribution in [2.24, 2.45) is 10.9 Å². The molecule has 3 aromatic rings. The van der Waals surface area contributed by atoms with Gasteiger partial charge in [-0.1, -0.05) is 17.3 Å². The predicted molar refractivity (Wildman–Crippen MR) is 150 cm³/mol. The first kappa shape index (κ1) is 29.9. The Balaban J connectivity index is 1.34. The number of nitrogen functional groups attached to an aromatic ring is 1. The molecule has 1 atom stereocenters. The number of hydrogen-bond donors (Lipinski definition) is 4. The number of nitrogens with zero attached hydrogens (tertiary/aromatic N) is 5. The standard InChI is InChI=1S/C24H30N8O7S2/c1-24(2)20(22(34)32(24)41(35,36)37)29-21(33)19(18-14-40-23(26)28-18)30-39-11-10-38-17-6-4-15(5-7-17)16-12-27-31(13-16)9-3-8-25/h4-7,12-14,20H,3,8-11,25H2,1-2H3,(H2,26,28)(H,29,33)(H,35,36,37)/b30-19-/t20-/m1/s1. The lowest BCUT2D eigenvalue weighted by molar-refractivity contribution is -0.151. The molecule has 0 spiro atoms. The van der Waals surface area contributed by atoms with Crippen molar-refractivity contribution in [1.82, 2.24) is 24.4 Å². The highest BCUT2D eigenvalue weighted by atomic mass is 32.2. The monoisotopic (exact) mass is 606 g/mol. The highest BCUT2D eigenvalue weighted by Gasteiger charge is 2.60. The van der Waals surface area contributed by atoms with Crippen molar-refractivity contribution < 1.29 is 32.1 Å². The third-order valence-corrected chi connectivity index (χ3v) is 7.96. The van der Waals surface area contributed by atoms with E-state index in [9.17, 15) is 22.6 Å². The number of anilines is 1. The van der Waals surface area contributed by atoms with Crippen LogP contribution >= 0.6 is 11.3 Å². The molecule has 0 radical (unpaired) electrons. The maximum Gasteiger partial charge on any atom is 0.362 e. The van der Waals surface area contributed by atoms with Gasteiger partial charge in [0.05, 0.1) is 11.7 Å². The molecule has 1 saturated heterocycles. The zero-order chi connectivity index (χ0) is 29.8. The zero-order valence-corrected chi connectivity index (χ0v) is 23.9. The number of ether oxygens (including phenoxy) is 1. The summed E-state index contributed by atoms with van der Waals surface area (Å²) in [5.74, 6) is -1.25. The molecule has 2 amide bonds. The van der Waals surface area contributed by atoms with Gasteiger partial charge in [0.1, 0.15) is 24.1 Å². The summed E-state index contributed by atoms with van der Waals surface area (Å²) in [6, 6.07) is 6.17.